The van der Waals surface area contributed by atoms with Crippen LogP contribution in [0.25, 0.3) is 0 Å². The normalized spacial score (nSPS) is 9.86. The summed E-state index contributed by atoms with van der Waals surface area (Å²) in [5, 5.41) is 12.9. The van der Waals surface area contributed by atoms with Crippen LogP contribution in [0.4, 0.5) is 5.95 Å². The second-order valence-corrected chi connectivity index (χ2v) is 2.72. The molecule has 0 unspecified atom stereocenters. The number of likely N-dealkylation sites (N-methyl/N-ethyl adjacent to an activating group) is 1. The van der Waals surface area contributed by atoms with E-state index >= 15 is 0 Å². The molecule has 7 heteroatoms. The Morgan fingerprint density at radius 3 is 2.93 bits per heavy atom. The van der Waals surface area contributed by atoms with E-state index in [2.05, 4.69) is 10.3 Å². The van der Waals surface area contributed by atoms with Crippen LogP contribution in [0.1, 0.15) is 5.69 Å². The Morgan fingerprint density at radius 2 is 2.43 bits per heavy atom. The molecule has 0 spiro atoms. The van der Waals surface area contributed by atoms with E-state index in [0.717, 1.165) is 0 Å². The predicted molar refractivity (Wildman–Crippen MR) is 47.7 cm³/mol. The van der Waals surface area contributed by atoms with E-state index in [1.807, 2.05) is 0 Å². The maximum absolute atomic E-state index is 11.0. The second-order valence-electron chi connectivity index (χ2n) is 2.72. The summed E-state index contributed by atoms with van der Waals surface area (Å²) in [5.41, 5.74) is 0.584. The van der Waals surface area contributed by atoms with E-state index in [1.165, 1.54) is 17.8 Å². The molecule has 76 valence electrons. The molecule has 0 aliphatic rings. The smallest absolute Gasteiger partial charge is 0.390 e. The van der Waals surface area contributed by atoms with Gasteiger partial charge >= 0.3 is 5.95 Å². The largest absolute Gasteiger partial charge is 0.435 e. The molecule has 0 bridgehead atoms. The number of nitrogens with zero attached hydrogens (tertiary/aromatic N) is 3. The van der Waals surface area contributed by atoms with Crippen molar-refractivity contribution < 1.29 is 9.72 Å². The lowest BCUT2D eigenvalue weighted by atomic mass is 10.5. The summed E-state index contributed by atoms with van der Waals surface area (Å²) >= 11 is 0. The fraction of sp³-hybridized carbons (Fsp3) is 0.429. The van der Waals surface area contributed by atoms with Crippen LogP contribution in [0.15, 0.2) is 6.20 Å². The van der Waals surface area contributed by atoms with E-state index in [0.29, 0.717) is 5.69 Å². The molecule has 0 aromatic carbocycles. The molecule has 7 nitrogen and oxygen atoms in total. The van der Waals surface area contributed by atoms with Gasteiger partial charge in [-0.1, -0.05) is 4.98 Å². The van der Waals surface area contributed by atoms with E-state index in [4.69, 9.17) is 0 Å². The van der Waals surface area contributed by atoms with Crippen LogP contribution in [0.2, 0.25) is 0 Å². The number of nitrogens with one attached hydrogen (secondary N) is 1. The number of hydrogen-bond acceptors (Lipinski definition) is 4. The van der Waals surface area contributed by atoms with Gasteiger partial charge < -0.3 is 15.4 Å². The van der Waals surface area contributed by atoms with E-state index in [-0.39, 0.29) is 18.4 Å². The number of rotatable bonds is 3. The van der Waals surface area contributed by atoms with Gasteiger partial charge in [-0.15, -0.1) is 0 Å². The van der Waals surface area contributed by atoms with Gasteiger partial charge in [0.2, 0.25) is 0 Å². The van der Waals surface area contributed by atoms with Gasteiger partial charge in [0.05, 0.1) is 0 Å². The maximum atomic E-state index is 11.0. The predicted octanol–water partition coefficient (Wildman–Crippen LogP) is -0.154. The van der Waals surface area contributed by atoms with Crippen LogP contribution in [-0.2, 0) is 11.3 Å². The van der Waals surface area contributed by atoms with Gasteiger partial charge in [-0.2, -0.15) is 0 Å². The lowest BCUT2D eigenvalue weighted by Crippen LogP contribution is -2.24. The summed E-state index contributed by atoms with van der Waals surface area (Å²) < 4.78 is 1.25. The number of aromatic nitrogens is 2. The van der Waals surface area contributed by atoms with Crippen LogP contribution in [-0.4, -0.2) is 27.4 Å². The standard InChI is InChI=1S/C7H10N4O3/c1-5-3-9-7(11(13)14)10(5)4-6(12)8-2/h3H,4H2,1-2H3,(H,8,12). The molecule has 0 aliphatic heterocycles. The van der Waals surface area contributed by atoms with E-state index < -0.39 is 4.92 Å². The van der Waals surface area contributed by atoms with Crippen LogP contribution < -0.4 is 5.32 Å². The number of aryl methyl sites for hydroxylation is 1. The molecule has 0 saturated heterocycles. The van der Waals surface area contributed by atoms with Crippen LogP contribution in [0, 0.1) is 17.0 Å². The Hall–Kier alpha value is -1.92. The minimum absolute atomic E-state index is 0.0847. The Bertz CT molecular complexity index is 371. The highest BCUT2D eigenvalue weighted by Crippen LogP contribution is 2.11. The Morgan fingerprint density at radius 1 is 1.79 bits per heavy atom. The topological polar surface area (TPSA) is 90.1 Å². The quantitative estimate of drug-likeness (QED) is 0.540. The molecular weight excluding hydrogens is 188 g/mol. The van der Waals surface area contributed by atoms with Gasteiger partial charge in [0.15, 0.2) is 6.54 Å². The Balaban J connectivity index is 2.99. The van der Waals surface area contributed by atoms with Gasteiger partial charge in [-0.25, -0.2) is 4.57 Å². The van der Waals surface area contributed by atoms with E-state index in [1.54, 1.807) is 6.92 Å². The number of carbonyl (C=O) groups is 1. The summed E-state index contributed by atoms with van der Waals surface area (Å²) in [6.07, 6.45) is 1.36. The zero-order valence-electron chi connectivity index (χ0n) is 7.85. The lowest BCUT2D eigenvalue weighted by Gasteiger charge is -2.01. The van der Waals surface area contributed by atoms with Crippen molar-refractivity contribution in [2.75, 3.05) is 7.05 Å². The van der Waals surface area contributed by atoms with E-state index in [9.17, 15) is 14.9 Å². The van der Waals surface area contributed by atoms with Gasteiger partial charge in [0, 0.05) is 7.05 Å². The van der Waals surface area contributed by atoms with Crippen LogP contribution in [0.3, 0.4) is 0 Å². The third kappa shape index (κ3) is 1.87. The van der Waals surface area contributed by atoms with Crippen molar-refractivity contribution in [1.82, 2.24) is 14.9 Å². The minimum atomic E-state index is -0.615. The molecule has 1 amide bonds. The Kier molecular flexibility index (Phi) is 2.80. The zero-order valence-corrected chi connectivity index (χ0v) is 7.85. The molecule has 0 radical (unpaired) electrons. The van der Waals surface area contributed by atoms with Gasteiger partial charge in [-0.3, -0.25) is 4.79 Å². The minimum Gasteiger partial charge on any atom is -0.390 e. The highest BCUT2D eigenvalue weighted by atomic mass is 16.6. The van der Waals surface area contributed by atoms with Crippen LogP contribution >= 0.6 is 0 Å². The first-order chi connectivity index (χ1) is 6.56. The highest BCUT2D eigenvalue weighted by molar-refractivity contribution is 5.75. The fourth-order valence-electron chi connectivity index (χ4n) is 1.01. The maximum Gasteiger partial charge on any atom is 0.435 e. The highest BCUT2D eigenvalue weighted by Gasteiger charge is 2.19. The molecule has 0 fully saturated rings. The summed E-state index contributed by atoms with van der Waals surface area (Å²) in [5.74, 6) is -0.611. The molecule has 14 heavy (non-hydrogen) atoms. The fourth-order valence-corrected chi connectivity index (χ4v) is 1.01. The first-order valence-corrected chi connectivity index (χ1v) is 3.93. The zero-order chi connectivity index (χ0) is 10.7. The summed E-state index contributed by atoms with van der Waals surface area (Å²) in [4.78, 5) is 24.5. The molecule has 1 rings (SSSR count). The first kappa shape index (κ1) is 10.2. The summed E-state index contributed by atoms with van der Waals surface area (Å²) in [6.45, 7) is 1.57. The summed E-state index contributed by atoms with van der Waals surface area (Å²) in [7, 11) is 1.47. The number of carbonyl (C=O) groups excluding carboxylic acids is 1. The molecule has 1 N–H and O–H groups in total. The van der Waals surface area contributed by atoms with Crippen molar-refractivity contribution in [2.45, 2.75) is 13.5 Å². The van der Waals surface area contributed by atoms with Crippen molar-refractivity contribution >= 4 is 11.9 Å². The lowest BCUT2D eigenvalue weighted by molar-refractivity contribution is -0.396. The average molecular weight is 198 g/mol. The number of nitro groups is 1. The molecule has 1 aromatic heterocycles. The molecule has 0 atom stereocenters. The molecule has 0 saturated carbocycles. The van der Waals surface area contributed by atoms with Crippen molar-refractivity contribution in [2.24, 2.45) is 0 Å². The number of imidazole rings is 1. The molecule has 1 aromatic rings. The van der Waals surface area contributed by atoms with Gasteiger partial charge in [0.1, 0.15) is 11.9 Å². The Labute approximate surface area is 79.9 Å². The molecule has 1 heterocycles. The number of hydrogen-bond donors (Lipinski definition) is 1. The summed E-state index contributed by atoms with van der Waals surface area (Å²) in [6, 6.07) is 0. The second kappa shape index (κ2) is 3.86. The van der Waals surface area contributed by atoms with Crippen molar-refractivity contribution in [3.63, 3.8) is 0 Å². The molecular formula is C7H10N4O3. The van der Waals surface area contributed by atoms with Crippen LogP contribution in [0.5, 0.6) is 0 Å². The van der Waals surface area contributed by atoms with Crippen molar-refractivity contribution in [3.8, 4) is 0 Å². The van der Waals surface area contributed by atoms with Gasteiger partial charge in [-0.05, 0) is 11.8 Å². The monoisotopic (exact) mass is 198 g/mol. The molecule has 0 aliphatic carbocycles. The third-order valence-corrected chi connectivity index (χ3v) is 1.78. The first-order valence-electron chi connectivity index (χ1n) is 3.93. The van der Waals surface area contributed by atoms with Gasteiger partial charge in [0.25, 0.3) is 5.91 Å². The average Bonchev–Trinajstić information content (AvgIpc) is 2.48. The number of amides is 1. The van der Waals surface area contributed by atoms with Crippen molar-refractivity contribution in [1.29, 1.82) is 0 Å². The van der Waals surface area contributed by atoms with Crippen molar-refractivity contribution in [3.05, 3.63) is 22.0 Å². The SMILES string of the molecule is CNC(=O)Cn1c(C)cnc1[N+](=O)[O-]. The third-order valence-electron chi connectivity index (χ3n) is 1.78.